The Labute approximate surface area is 100 Å². The summed E-state index contributed by atoms with van der Waals surface area (Å²) in [6, 6.07) is 0.376. The summed E-state index contributed by atoms with van der Waals surface area (Å²) in [6.07, 6.45) is 0. The minimum Gasteiger partial charge on any atom is -0.465 e. The van der Waals surface area contributed by atoms with Crippen molar-refractivity contribution < 1.29 is 9.53 Å². The van der Waals surface area contributed by atoms with E-state index < -0.39 is 0 Å². The predicted octanol–water partition coefficient (Wildman–Crippen LogP) is 2.47. The van der Waals surface area contributed by atoms with Crippen LogP contribution in [0.5, 0.6) is 0 Å². The monoisotopic (exact) mass is 242 g/mol. The first-order chi connectivity index (χ1) is 7.51. The van der Waals surface area contributed by atoms with Crippen LogP contribution in [-0.4, -0.2) is 30.6 Å². The zero-order valence-electron chi connectivity index (χ0n) is 10.4. The Hall–Kier alpha value is -1.10. The Morgan fingerprint density at radius 3 is 2.62 bits per heavy atom. The van der Waals surface area contributed by atoms with Gasteiger partial charge < -0.3 is 9.64 Å². The van der Waals surface area contributed by atoms with E-state index in [1.807, 2.05) is 6.92 Å². The minimum absolute atomic E-state index is 0.305. The van der Waals surface area contributed by atoms with Crippen LogP contribution in [0.1, 0.15) is 36.1 Å². The second-order valence-corrected chi connectivity index (χ2v) is 4.76. The van der Waals surface area contributed by atoms with Crippen LogP contribution in [0, 0.1) is 6.92 Å². The zero-order chi connectivity index (χ0) is 12.3. The van der Waals surface area contributed by atoms with Gasteiger partial charge in [0, 0.05) is 12.6 Å². The number of aryl methyl sites for hydroxylation is 1. The third kappa shape index (κ3) is 2.52. The summed E-state index contributed by atoms with van der Waals surface area (Å²) in [5.74, 6) is -0.305. The quantitative estimate of drug-likeness (QED) is 0.761. The molecule has 0 radical (unpaired) electrons. The van der Waals surface area contributed by atoms with E-state index in [2.05, 4.69) is 30.7 Å². The molecule has 0 saturated carbocycles. The van der Waals surface area contributed by atoms with E-state index >= 15 is 0 Å². The molecule has 90 valence electrons. The lowest BCUT2D eigenvalue weighted by Crippen LogP contribution is -2.30. The Bertz CT molecular complexity index is 374. The van der Waals surface area contributed by atoms with Crippen LogP contribution in [0.3, 0.4) is 0 Å². The van der Waals surface area contributed by atoms with E-state index in [1.165, 1.54) is 18.4 Å². The number of nitrogens with zero attached hydrogens (tertiary/aromatic N) is 2. The van der Waals surface area contributed by atoms with Gasteiger partial charge in [-0.15, -0.1) is 0 Å². The second kappa shape index (κ2) is 5.30. The number of ether oxygens (including phenoxy) is 1. The van der Waals surface area contributed by atoms with Gasteiger partial charge >= 0.3 is 5.97 Å². The number of anilines is 1. The molecule has 1 rings (SSSR count). The average molecular weight is 242 g/mol. The van der Waals surface area contributed by atoms with Crippen LogP contribution in [0.25, 0.3) is 0 Å². The molecular formula is C11H18N2O2S. The van der Waals surface area contributed by atoms with Gasteiger partial charge in [0.05, 0.1) is 12.8 Å². The molecule has 0 spiro atoms. The molecule has 0 bridgehead atoms. The van der Waals surface area contributed by atoms with Crippen molar-refractivity contribution in [3.8, 4) is 0 Å². The van der Waals surface area contributed by atoms with Gasteiger partial charge in [0.25, 0.3) is 0 Å². The van der Waals surface area contributed by atoms with Crippen molar-refractivity contribution in [3.05, 3.63) is 10.6 Å². The average Bonchev–Trinajstić information content (AvgIpc) is 2.59. The second-order valence-electron chi connectivity index (χ2n) is 3.78. The molecule has 1 aromatic rings. The molecule has 0 aliphatic carbocycles. The molecule has 0 N–H and O–H groups in total. The van der Waals surface area contributed by atoms with E-state index in [0.717, 1.165) is 17.4 Å². The van der Waals surface area contributed by atoms with Crippen molar-refractivity contribution >= 4 is 22.4 Å². The van der Waals surface area contributed by atoms with Gasteiger partial charge in [-0.25, -0.2) is 9.78 Å². The van der Waals surface area contributed by atoms with Crippen LogP contribution in [0.2, 0.25) is 0 Å². The molecule has 0 fully saturated rings. The number of rotatable bonds is 4. The lowest BCUT2D eigenvalue weighted by atomic mass is 10.3. The highest BCUT2D eigenvalue weighted by molar-refractivity contribution is 7.17. The summed E-state index contributed by atoms with van der Waals surface area (Å²) >= 11 is 1.39. The fraction of sp³-hybridized carbons (Fsp3) is 0.636. The van der Waals surface area contributed by atoms with Gasteiger partial charge in [-0.3, -0.25) is 0 Å². The molecule has 0 unspecified atom stereocenters. The number of carbonyl (C=O) groups excluding carboxylic acids is 1. The standard InChI is InChI=1S/C11H18N2O2S/c1-6-13(7(2)3)11-12-8(4)9(16-11)10(14)15-5/h7H,6H2,1-5H3. The molecule has 0 saturated heterocycles. The van der Waals surface area contributed by atoms with Crippen LogP contribution < -0.4 is 4.90 Å². The Morgan fingerprint density at radius 1 is 1.56 bits per heavy atom. The first-order valence-electron chi connectivity index (χ1n) is 5.33. The van der Waals surface area contributed by atoms with E-state index in [4.69, 9.17) is 4.74 Å². The summed E-state index contributed by atoms with van der Waals surface area (Å²) in [4.78, 5) is 18.6. The third-order valence-electron chi connectivity index (χ3n) is 2.37. The highest BCUT2D eigenvalue weighted by Gasteiger charge is 2.19. The highest BCUT2D eigenvalue weighted by Crippen LogP contribution is 2.27. The first kappa shape index (κ1) is 13.0. The summed E-state index contributed by atoms with van der Waals surface area (Å²) < 4.78 is 4.72. The summed E-state index contributed by atoms with van der Waals surface area (Å²) in [6.45, 7) is 9.01. The van der Waals surface area contributed by atoms with E-state index in [1.54, 1.807) is 0 Å². The first-order valence-corrected chi connectivity index (χ1v) is 6.15. The number of methoxy groups -OCH3 is 1. The van der Waals surface area contributed by atoms with E-state index in [9.17, 15) is 4.79 Å². The van der Waals surface area contributed by atoms with Gasteiger partial charge in [0.15, 0.2) is 5.13 Å². The zero-order valence-corrected chi connectivity index (χ0v) is 11.2. The summed E-state index contributed by atoms with van der Waals surface area (Å²) in [5, 5.41) is 0.885. The molecule has 0 amide bonds. The molecule has 0 aliphatic heterocycles. The smallest absolute Gasteiger partial charge is 0.350 e. The molecule has 0 atom stereocenters. The van der Waals surface area contributed by atoms with Crippen LogP contribution in [-0.2, 0) is 4.74 Å². The highest BCUT2D eigenvalue weighted by atomic mass is 32.1. The predicted molar refractivity (Wildman–Crippen MR) is 66.3 cm³/mol. The Balaban J connectivity index is 3.04. The SMILES string of the molecule is CCN(c1nc(C)c(C(=O)OC)s1)C(C)C. The van der Waals surface area contributed by atoms with E-state index in [0.29, 0.717) is 10.9 Å². The lowest BCUT2D eigenvalue weighted by Gasteiger charge is -2.23. The van der Waals surface area contributed by atoms with Gasteiger partial charge in [0.1, 0.15) is 4.88 Å². The fourth-order valence-electron chi connectivity index (χ4n) is 1.51. The van der Waals surface area contributed by atoms with Gasteiger partial charge in [-0.2, -0.15) is 0 Å². The molecular weight excluding hydrogens is 224 g/mol. The number of esters is 1. The van der Waals surface area contributed by atoms with Crippen LogP contribution in [0.4, 0.5) is 5.13 Å². The largest absolute Gasteiger partial charge is 0.465 e. The number of carbonyl (C=O) groups is 1. The minimum atomic E-state index is -0.305. The summed E-state index contributed by atoms with van der Waals surface area (Å²) in [5.41, 5.74) is 0.742. The number of hydrogen-bond donors (Lipinski definition) is 0. The molecule has 1 aromatic heterocycles. The normalized spacial score (nSPS) is 10.6. The van der Waals surface area contributed by atoms with Crippen molar-refractivity contribution in [1.82, 2.24) is 4.98 Å². The fourth-order valence-corrected chi connectivity index (χ4v) is 2.69. The van der Waals surface area contributed by atoms with Crippen molar-refractivity contribution in [2.24, 2.45) is 0 Å². The lowest BCUT2D eigenvalue weighted by molar-refractivity contribution is 0.0605. The molecule has 0 aliphatic rings. The maximum atomic E-state index is 11.5. The Morgan fingerprint density at radius 2 is 2.19 bits per heavy atom. The number of aromatic nitrogens is 1. The van der Waals surface area contributed by atoms with Crippen molar-refractivity contribution in [2.45, 2.75) is 33.7 Å². The molecule has 5 heteroatoms. The van der Waals surface area contributed by atoms with Gasteiger partial charge in [0.2, 0.25) is 0 Å². The molecule has 4 nitrogen and oxygen atoms in total. The maximum Gasteiger partial charge on any atom is 0.350 e. The molecule has 1 heterocycles. The van der Waals surface area contributed by atoms with Gasteiger partial charge in [-0.05, 0) is 27.7 Å². The van der Waals surface area contributed by atoms with Crippen molar-refractivity contribution in [3.63, 3.8) is 0 Å². The maximum absolute atomic E-state index is 11.5. The molecule has 0 aromatic carbocycles. The van der Waals surface area contributed by atoms with E-state index in [-0.39, 0.29) is 5.97 Å². The Kier molecular flexibility index (Phi) is 4.29. The van der Waals surface area contributed by atoms with Crippen LogP contribution >= 0.6 is 11.3 Å². The molecule has 16 heavy (non-hydrogen) atoms. The van der Waals surface area contributed by atoms with Crippen LogP contribution in [0.15, 0.2) is 0 Å². The van der Waals surface area contributed by atoms with Crippen molar-refractivity contribution in [1.29, 1.82) is 0 Å². The topological polar surface area (TPSA) is 42.4 Å². The third-order valence-corrected chi connectivity index (χ3v) is 3.54. The van der Waals surface area contributed by atoms with Gasteiger partial charge in [-0.1, -0.05) is 11.3 Å². The van der Waals surface area contributed by atoms with Crippen molar-refractivity contribution in [2.75, 3.05) is 18.6 Å². The number of hydrogen-bond acceptors (Lipinski definition) is 5. The number of thiazole rings is 1. The summed E-state index contributed by atoms with van der Waals surface area (Å²) in [7, 11) is 1.39.